The Balaban J connectivity index is 2.16. The zero-order valence-electron chi connectivity index (χ0n) is 11.1. The van der Waals surface area contributed by atoms with Crippen LogP contribution in [0.4, 0.5) is 5.69 Å². The van der Waals surface area contributed by atoms with Crippen LogP contribution in [0, 0.1) is 5.92 Å². The zero-order valence-corrected chi connectivity index (χ0v) is 11.1. The summed E-state index contributed by atoms with van der Waals surface area (Å²) in [5.41, 5.74) is 2.44. The predicted octanol–water partition coefficient (Wildman–Crippen LogP) is 2.43. The van der Waals surface area contributed by atoms with Crippen molar-refractivity contribution in [3.63, 3.8) is 0 Å². The molecule has 1 aliphatic rings. The first-order chi connectivity index (χ1) is 8.20. The Bertz CT molecular complexity index is 364. The molecule has 0 aliphatic carbocycles. The van der Waals surface area contributed by atoms with Crippen molar-refractivity contribution in [2.24, 2.45) is 5.92 Å². The van der Waals surface area contributed by atoms with E-state index in [0.29, 0.717) is 6.04 Å². The van der Waals surface area contributed by atoms with Crippen LogP contribution in [0.2, 0.25) is 0 Å². The van der Waals surface area contributed by atoms with E-state index in [1.807, 2.05) is 13.2 Å². The second-order valence-corrected chi connectivity index (χ2v) is 5.22. The summed E-state index contributed by atoms with van der Waals surface area (Å²) in [6, 6.07) is 5.00. The van der Waals surface area contributed by atoms with Gasteiger partial charge in [-0.2, -0.15) is 0 Å². The molecule has 2 atom stereocenters. The summed E-state index contributed by atoms with van der Waals surface area (Å²) in [6.07, 6.45) is 4.57. The maximum atomic E-state index is 4.38. The molecule has 2 rings (SSSR count). The lowest BCUT2D eigenvalue weighted by Crippen LogP contribution is -2.41. The average Bonchev–Trinajstić information content (AvgIpc) is 2.33. The molecule has 1 N–H and O–H groups in total. The lowest BCUT2D eigenvalue weighted by Gasteiger charge is -2.38. The summed E-state index contributed by atoms with van der Waals surface area (Å²) in [5.74, 6) is 0.798. The molecular formula is C14H23N3. The van der Waals surface area contributed by atoms with Gasteiger partial charge in [-0.15, -0.1) is 0 Å². The Morgan fingerprint density at radius 3 is 3.00 bits per heavy atom. The fourth-order valence-electron chi connectivity index (χ4n) is 2.57. The topological polar surface area (TPSA) is 28.2 Å². The molecule has 0 amide bonds. The lowest BCUT2D eigenvalue weighted by atomic mass is 9.94. The molecule has 17 heavy (non-hydrogen) atoms. The first kappa shape index (κ1) is 12.4. The molecule has 0 saturated carbocycles. The third-order valence-corrected chi connectivity index (χ3v) is 3.61. The monoisotopic (exact) mass is 233 g/mol. The molecule has 94 valence electrons. The molecule has 3 heteroatoms. The highest BCUT2D eigenvalue weighted by Gasteiger charge is 2.23. The van der Waals surface area contributed by atoms with Crippen molar-refractivity contribution >= 4 is 5.69 Å². The molecule has 2 unspecified atom stereocenters. The number of rotatable bonds is 3. The smallest absolute Gasteiger partial charge is 0.0562 e. The summed E-state index contributed by atoms with van der Waals surface area (Å²) < 4.78 is 0. The second kappa shape index (κ2) is 5.50. The molecule has 1 aromatic rings. The molecule has 1 saturated heterocycles. The molecule has 0 radical (unpaired) electrons. The van der Waals surface area contributed by atoms with Crippen molar-refractivity contribution < 1.29 is 0 Å². The van der Waals surface area contributed by atoms with Gasteiger partial charge in [-0.05, 0) is 44.9 Å². The van der Waals surface area contributed by atoms with Crippen molar-refractivity contribution in [2.75, 3.05) is 18.5 Å². The van der Waals surface area contributed by atoms with E-state index in [4.69, 9.17) is 0 Å². The van der Waals surface area contributed by atoms with Gasteiger partial charge in [-0.1, -0.05) is 6.92 Å². The van der Waals surface area contributed by atoms with Gasteiger partial charge in [0.25, 0.3) is 0 Å². The molecule has 0 spiro atoms. The normalized spacial score (nSPS) is 25.0. The van der Waals surface area contributed by atoms with Crippen LogP contribution in [0.25, 0.3) is 0 Å². The highest BCUT2D eigenvalue weighted by atomic mass is 15.2. The van der Waals surface area contributed by atoms with Gasteiger partial charge in [0, 0.05) is 31.0 Å². The molecular weight excluding hydrogens is 210 g/mol. The predicted molar refractivity (Wildman–Crippen MR) is 72.2 cm³/mol. The van der Waals surface area contributed by atoms with Gasteiger partial charge in [0.05, 0.1) is 5.69 Å². The van der Waals surface area contributed by atoms with Gasteiger partial charge >= 0.3 is 0 Å². The second-order valence-electron chi connectivity index (χ2n) is 5.22. The average molecular weight is 233 g/mol. The quantitative estimate of drug-likeness (QED) is 0.869. The summed E-state index contributed by atoms with van der Waals surface area (Å²) in [4.78, 5) is 6.90. The van der Waals surface area contributed by atoms with Crippen LogP contribution in [0.3, 0.4) is 0 Å². The molecule has 0 aromatic carbocycles. The minimum atomic E-state index is 0.649. The summed E-state index contributed by atoms with van der Waals surface area (Å²) in [7, 11) is 1.96. The van der Waals surface area contributed by atoms with E-state index in [1.165, 1.54) is 25.1 Å². The Hall–Kier alpha value is -1.09. The fraction of sp³-hybridized carbons (Fsp3) is 0.643. The van der Waals surface area contributed by atoms with Gasteiger partial charge in [-0.25, -0.2) is 0 Å². The number of anilines is 1. The van der Waals surface area contributed by atoms with E-state index in [1.54, 1.807) is 0 Å². The van der Waals surface area contributed by atoms with Gasteiger partial charge in [0.1, 0.15) is 0 Å². The number of hydrogen-bond acceptors (Lipinski definition) is 3. The van der Waals surface area contributed by atoms with Gasteiger partial charge in [0.2, 0.25) is 0 Å². The zero-order chi connectivity index (χ0) is 12.3. The Morgan fingerprint density at radius 2 is 2.24 bits per heavy atom. The van der Waals surface area contributed by atoms with Crippen molar-refractivity contribution in [3.05, 3.63) is 24.0 Å². The Labute approximate surface area is 104 Å². The molecule has 3 nitrogen and oxygen atoms in total. The fourth-order valence-corrected chi connectivity index (χ4v) is 2.57. The van der Waals surface area contributed by atoms with Crippen LogP contribution in [0.15, 0.2) is 18.3 Å². The Morgan fingerprint density at radius 1 is 1.41 bits per heavy atom. The maximum absolute atomic E-state index is 4.38. The van der Waals surface area contributed by atoms with Crippen molar-refractivity contribution in [3.8, 4) is 0 Å². The molecule has 1 aromatic heterocycles. The first-order valence-corrected chi connectivity index (χ1v) is 6.57. The maximum Gasteiger partial charge on any atom is 0.0562 e. The van der Waals surface area contributed by atoms with Crippen LogP contribution < -0.4 is 10.2 Å². The molecule has 2 heterocycles. The van der Waals surface area contributed by atoms with Crippen LogP contribution in [-0.4, -0.2) is 24.6 Å². The molecule has 1 fully saturated rings. The molecule has 1 aliphatic heterocycles. The van der Waals surface area contributed by atoms with Crippen LogP contribution >= 0.6 is 0 Å². The summed E-state index contributed by atoms with van der Waals surface area (Å²) >= 11 is 0. The van der Waals surface area contributed by atoms with E-state index in [-0.39, 0.29) is 0 Å². The third kappa shape index (κ3) is 2.97. The van der Waals surface area contributed by atoms with E-state index >= 15 is 0 Å². The lowest BCUT2D eigenvalue weighted by molar-refractivity contribution is 0.390. The van der Waals surface area contributed by atoms with Crippen LogP contribution in [-0.2, 0) is 6.54 Å². The number of pyridine rings is 1. The number of nitrogens with zero attached hydrogens (tertiary/aromatic N) is 2. The minimum absolute atomic E-state index is 0.649. The van der Waals surface area contributed by atoms with E-state index in [2.05, 4.69) is 41.2 Å². The van der Waals surface area contributed by atoms with Gasteiger partial charge < -0.3 is 10.2 Å². The van der Waals surface area contributed by atoms with Crippen molar-refractivity contribution in [1.29, 1.82) is 0 Å². The highest BCUT2D eigenvalue weighted by Crippen LogP contribution is 2.27. The van der Waals surface area contributed by atoms with E-state index in [9.17, 15) is 0 Å². The largest absolute Gasteiger partial charge is 0.368 e. The van der Waals surface area contributed by atoms with E-state index in [0.717, 1.165) is 18.2 Å². The third-order valence-electron chi connectivity index (χ3n) is 3.61. The Kier molecular flexibility index (Phi) is 4.00. The van der Waals surface area contributed by atoms with E-state index < -0.39 is 0 Å². The highest BCUT2D eigenvalue weighted by molar-refractivity contribution is 5.48. The molecule has 0 bridgehead atoms. The number of nitrogens with one attached hydrogen (secondary N) is 1. The minimum Gasteiger partial charge on any atom is -0.368 e. The summed E-state index contributed by atoms with van der Waals surface area (Å²) in [6.45, 7) is 6.68. The van der Waals surface area contributed by atoms with Gasteiger partial charge in [0.15, 0.2) is 0 Å². The number of hydrogen-bond donors (Lipinski definition) is 1. The first-order valence-electron chi connectivity index (χ1n) is 6.57. The SMILES string of the molecule is CNCc1cc(N2CC(C)CCC2C)ccn1. The van der Waals surface area contributed by atoms with Crippen molar-refractivity contribution in [1.82, 2.24) is 10.3 Å². The van der Waals surface area contributed by atoms with Crippen LogP contribution in [0.5, 0.6) is 0 Å². The summed E-state index contributed by atoms with van der Waals surface area (Å²) in [5, 5.41) is 3.15. The van der Waals surface area contributed by atoms with Crippen LogP contribution in [0.1, 0.15) is 32.4 Å². The number of piperidine rings is 1. The number of aromatic nitrogens is 1. The van der Waals surface area contributed by atoms with Crippen molar-refractivity contribution in [2.45, 2.75) is 39.3 Å². The standard InChI is InChI=1S/C14H23N3/c1-11-4-5-12(2)17(10-11)14-6-7-16-13(8-14)9-15-3/h6-8,11-12,15H,4-5,9-10H2,1-3H3. The van der Waals surface area contributed by atoms with Gasteiger partial charge in [-0.3, -0.25) is 4.98 Å².